The summed E-state index contributed by atoms with van der Waals surface area (Å²) in [6, 6.07) is 9.25. The lowest BCUT2D eigenvalue weighted by Crippen LogP contribution is -2.26. The van der Waals surface area contributed by atoms with Crippen molar-refractivity contribution < 1.29 is 9.53 Å². The monoisotopic (exact) mass is 276 g/mol. The topological polar surface area (TPSA) is 64.3 Å². The van der Waals surface area contributed by atoms with E-state index in [0.717, 1.165) is 11.3 Å². The molecule has 3 N–H and O–H groups in total. The average Bonchev–Trinajstić information content (AvgIpc) is 2.85. The highest BCUT2D eigenvalue weighted by Gasteiger charge is 2.15. The van der Waals surface area contributed by atoms with Crippen molar-refractivity contribution in [2.24, 2.45) is 0 Å². The van der Waals surface area contributed by atoms with Crippen molar-refractivity contribution in [1.82, 2.24) is 5.32 Å². The molecule has 0 fully saturated rings. The Morgan fingerprint density at radius 2 is 2.21 bits per heavy atom. The normalized spacial score (nSPS) is 11.9. The first-order valence-electron chi connectivity index (χ1n) is 5.89. The highest BCUT2D eigenvalue weighted by Crippen LogP contribution is 2.22. The van der Waals surface area contributed by atoms with Crippen LogP contribution in [0.2, 0.25) is 0 Å². The molecule has 1 heterocycles. The molecule has 1 aromatic carbocycles. The van der Waals surface area contributed by atoms with Crippen LogP contribution < -0.4 is 15.8 Å². The SMILES string of the molecule is COc1cccc(C(C)NC(=O)c2sccc2N)c1. The fraction of sp³-hybridized carbons (Fsp3) is 0.214. The van der Waals surface area contributed by atoms with E-state index in [1.807, 2.05) is 31.2 Å². The summed E-state index contributed by atoms with van der Waals surface area (Å²) in [5.74, 6) is 0.622. The van der Waals surface area contributed by atoms with Gasteiger partial charge in [-0.2, -0.15) is 0 Å². The summed E-state index contributed by atoms with van der Waals surface area (Å²) < 4.78 is 5.17. The van der Waals surface area contributed by atoms with Gasteiger partial charge in [0.05, 0.1) is 18.8 Å². The van der Waals surface area contributed by atoms with Crippen LogP contribution in [0.15, 0.2) is 35.7 Å². The van der Waals surface area contributed by atoms with E-state index in [-0.39, 0.29) is 11.9 Å². The van der Waals surface area contributed by atoms with Gasteiger partial charge in [-0.05, 0) is 36.1 Å². The van der Waals surface area contributed by atoms with E-state index in [1.165, 1.54) is 11.3 Å². The molecule has 0 saturated heterocycles. The number of benzene rings is 1. The van der Waals surface area contributed by atoms with E-state index in [4.69, 9.17) is 10.5 Å². The Morgan fingerprint density at radius 3 is 2.84 bits per heavy atom. The molecule has 1 unspecified atom stereocenters. The molecular formula is C14H16N2O2S. The molecule has 1 amide bonds. The molecule has 1 aromatic heterocycles. The zero-order chi connectivity index (χ0) is 13.8. The molecule has 0 aliphatic carbocycles. The van der Waals surface area contributed by atoms with Crippen LogP contribution in [0.25, 0.3) is 0 Å². The Morgan fingerprint density at radius 1 is 1.42 bits per heavy atom. The lowest BCUT2D eigenvalue weighted by Gasteiger charge is -2.14. The molecule has 0 aliphatic rings. The highest BCUT2D eigenvalue weighted by molar-refractivity contribution is 7.12. The second kappa shape index (κ2) is 5.75. The number of rotatable bonds is 4. The van der Waals surface area contributed by atoms with Crippen LogP contribution in [-0.2, 0) is 0 Å². The largest absolute Gasteiger partial charge is 0.497 e. The number of nitrogens with two attached hydrogens (primary N) is 1. The lowest BCUT2D eigenvalue weighted by molar-refractivity contribution is 0.0945. The molecule has 0 bridgehead atoms. The van der Waals surface area contributed by atoms with Gasteiger partial charge in [-0.1, -0.05) is 12.1 Å². The van der Waals surface area contributed by atoms with Gasteiger partial charge in [0.15, 0.2) is 0 Å². The van der Waals surface area contributed by atoms with Gasteiger partial charge in [0.1, 0.15) is 10.6 Å². The third-order valence-electron chi connectivity index (χ3n) is 2.84. The summed E-state index contributed by atoms with van der Waals surface area (Å²) in [4.78, 5) is 12.6. The van der Waals surface area contributed by atoms with Gasteiger partial charge in [-0.25, -0.2) is 0 Å². The average molecular weight is 276 g/mol. The third kappa shape index (κ3) is 3.06. The Bertz CT molecular complexity index is 580. The fourth-order valence-electron chi connectivity index (χ4n) is 1.76. The number of amides is 1. The fourth-order valence-corrected chi connectivity index (χ4v) is 2.48. The molecule has 0 spiro atoms. The summed E-state index contributed by atoms with van der Waals surface area (Å²) in [5.41, 5.74) is 7.23. The molecule has 0 aliphatic heterocycles. The van der Waals surface area contributed by atoms with Crippen LogP contribution in [0.3, 0.4) is 0 Å². The van der Waals surface area contributed by atoms with Crippen LogP contribution in [0, 0.1) is 0 Å². The molecule has 5 heteroatoms. The van der Waals surface area contributed by atoms with Gasteiger partial charge in [0.2, 0.25) is 0 Å². The molecule has 1 atom stereocenters. The number of thiophene rings is 1. The van der Waals surface area contributed by atoms with Gasteiger partial charge in [-0.15, -0.1) is 11.3 Å². The van der Waals surface area contributed by atoms with Crippen molar-refractivity contribution in [1.29, 1.82) is 0 Å². The minimum Gasteiger partial charge on any atom is -0.497 e. The predicted molar refractivity (Wildman–Crippen MR) is 77.6 cm³/mol. The van der Waals surface area contributed by atoms with Crippen molar-refractivity contribution in [3.63, 3.8) is 0 Å². The first-order chi connectivity index (χ1) is 9.11. The maximum atomic E-state index is 12.1. The number of nitrogen functional groups attached to an aromatic ring is 1. The number of ether oxygens (including phenoxy) is 1. The van der Waals surface area contributed by atoms with Crippen molar-refractivity contribution in [2.45, 2.75) is 13.0 Å². The molecular weight excluding hydrogens is 260 g/mol. The Balaban J connectivity index is 2.10. The van der Waals surface area contributed by atoms with Crippen molar-refractivity contribution in [3.05, 3.63) is 46.2 Å². The standard InChI is InChI=1S/C14H16N2O2S/c1-9(10-4-3-5-11(8-10)18-2)16-14(17)13-12(15)6-7-19-13/h3-9H,15H2,1-2H3,(H,16,17). The summed E-state index contributed by atoms with van der Waals surface area (Å²) in [7, 11) is 1.62. The summed E-state index contributed by atoms with van der Waals surface area (Å²) in [6.07, 6.45) is 0. The van der Waals surface area contributed by atoms with Crippen LogP contribution in [0.4, 0.5) is 5.69 Å². The number of nitrogens with one attached hydrogen (secondary N) is 1. The Kier molecular flexibility index (Phi) is 4.06. The number of hydrogen-bond donors (Lipinski definition) is 2. The number of anilines is 1. The second-order valence-electron chi connectivity index (χ2n) is 4.18. The molecule has 4 nitrogen and oxygen atoms in total. The van der Waals surface area contributed by atoms with E-state index in [9.17, 15) is 4.79 Å². The molecule has 19 heavy (non-hydrogen) atoms. The third-order valence-corrected chi connectivity index (χ3v) is 3.77. The van der Waals surface area contributed by atoms with Gasteiger partial charge in [0, 0.05) is 0 Å². The number of hydrogen-bond acceptors (Lipinski definition) is 4. The summed E-state index contributed by atoms with van der Waals surface area (Å²) >= 11 is 1.34. The van der Waals surface area contributed by atoms with Crippen LogP contribution >= 0.6 is 11.3 Å². The second-order valence-corrected chi connectivity index (χ2v) is 5.09. The molecule has 2 rings (SSSR count). The number of carbonyl (C=O) groups is 1. The van der Waals surface area contributed by atoms with E-state index >= 15 is 0 Å². The van der Waals surface area contributed by atoms with E-state index in [1.54, 1.807) is 18.6 Å². The summed E-state index contributed by atoms with van der Waals surface area (Å²) in [6.45, 7) is 1.93. The highest BCUT2D eigenvalue weighted by atomic mass is 32.1. The van der Waals surface area contributed by atoms with E-state index in [0.29, 0.717) is 10.6 Å². The predicted octanol–water partition coefficient (Wildman–Crippen LogP) is 2.83. The Hall–Kier alpha value is -2.01. The summed E-state index contributed by atoms with van der Waals surface area (Å²) in [5, 5.41) is 4.73. The molecule has 2 aromatic rings. The molecule has 0 radical (unpaired) electrons. The van der Waals surface area contributed by atoms with Crippen molar-refractivity contribution in [3.8, 4) is 5.75 Å². The minimum atomic E-state index is -0.150. The van der Waals surface area contributed by atoms with Crippen LogP contribution in [0.1, 0.15) is 28.2 Å². The molecule has 0 saturated carbocycles. The van der Waals surface area contributed by atoms with Gasteiger partial charge in [0.25, 0.3) is 5.91 Å². The maximum absolute atomic E-state index is 12.1. The smallest absolute Gasteiger partial charge is 0.263 e. The van der Waals surface area contributed by atoms with Crippen molar-refractivity contribution in [2.75, 3.05) is 12.8 Å². The van der Waals surface area contributed by atoms with Crippen LogP contribution in [0.5, 0.6) is 5.75 Å². The first-order valence-corrected chi connectivity index (χ1v) is 6.77. The van der Waals surface area contributed by atoms with E-state index < -0.39 is 0 Å². The first kappa shape index (κ1) is 13.4. The lowest BCUT2D eigenvalue weighted by atomic mass is 10.1. The molecule has 100 valence electrons. The van der Waals surface area contributed by atoms with Gasteiger partial charge in [-0.3, -0.25) is 4.79 Å². The number of methoxy groups -OCH3 is 1. The zero-order valence-electron chi connectivity index (χ0n) is 10.8. The minimum absolute atomic E-state index is 0.107. The number of carbonyl (C=O) groups excluding carboxylic acids is 1. The zero-order valence-corrected chi connectivity index (χ0v) is 11.7. The maximum Gasteiger partial charge on any atom is 0.263 e. The Labute approximate surface area is 116 Å². The van der Waals surface area contributed by atoms with Crippen molar-refractivity contribution >= 4 is 22.9 Å². The van der Waals surface area contributed by atoms with E-state index in [2.05, 4.69) is 5.32 Å². The van der Waals surface area contributed by atoms with Crippen LogP contribution in [-0.4, -0.2) is 13.0 Å². The van der Waals surface area contributed by atoms with Gasteiger partial charge < -0.3 is 15.8 Å². The quantitative estimate of drug-likeness (QED) is 0.902. The van der Waals surface area contributed by atoms with Gasteiger partial charge >= 0.3 is 0 Å².